The monoisotopic (exact) mass is 553 g/mol. The van der Waals surface area contributed by atoms with Crippen LogP contribution < -0.4 is 0 Å². The van der Waals surface area contributed by atoms with Crippen LogP contribution in [0.3, 0.4) is 0 Å². The van der Waals surface area contributed by atoms with E-state index in [0.717, 1.165) is 22.9 Å². The van der Waals surface area contributed by atoms with E-state index in [9.17, 15) is 13.9 Å². The molecule has 1 aliphatic heterocycles. The van der Waals surface area contributed by atoms with Crippen LogP contribution in [-0.4, -0.2) is 51.9 Å². The molecule has 10 nitrogen and oxygen atoms in total. The Hall–Kier alpha value is -3.28. The van der Waals surface area contributed by atoms with Crippen LogP contribution in [0.2, 0.25) is 0 Å². The van der Waals surface area contributed by atoms with Gasteiger partial charge in [0.1, 0.15) is 24.4 Å². The number of benzene rings is 3. The third kappa shape index (κ3) is 8.87. The minimum absolute atomic E-state index is 0.0720. The number of azide groups is 1. The Morgan fingerprint density at radius 3 is 1.74 bits per heavy atom. The summed E-state index contributed by atoms with van der Waals surface area (Å²) in [6, 6.07) is 28.6. The van der Waals surface area contributed by atoms with Crippen molar-refractivity contribution in [1.82, 2.24) is 0 Å². The van der Waals surface area contributed by atoms with Crippen molar-refractivity contribution in [3.05, 3.63) is 118 Å². The third-order valence-electron chi connectivity index (χ3n) is 6.02. The highest BCUT2D eigenvalue weighted by atomic mass is 32.2. The molecule has 5 atom stereocenters. The Bertz CT molecular complexity index is 1310. The normalized spacial score (nSPS) is 23.2. The van der Waals surface area contributed by atoms with E-state index >= 15 is 0 Å². The first kappa shape index (κ1) is 28.7. The quantitative estimate of drug-likeness (QED) is 0.129. The topological polar surface area (TPSA) is 129 Å². The molecule has 0 radical (unpaired) electrons. The second kappa shape index (κ2) is 14.2. The number of rotatable bonds is 13. The second-order valence-corrected chi connectivity index (χ2v) is 10.7. The van der Waals surface area contributed by atoms with Crippen molar-refractivity contribution in [3.8, 4) is 0 Å². The smallest absolute Gasteiger partial charge is 0.264 e. The molecule has 0 bridgehead atoms. The zero-order valence-electron chi connectivity index (χ0n) is 21.5. The first-order valence-electron chi connectivity index (χ1n) is 12.4. The van der Waals surface area contributed by atoms with Gasteiger partial charge in [0.15, 0.2) is 6.23 Å². The van der Waals surface area contributed by atoms with Crippen LogP contribution >= 0.6 is 0 Å². The Kier molecular flexibility index (Phi) is 10.5. The van der Waals surface area contributed by atoms with Gasteiger partial charge < -0.3 is 18.9 Å². The largest absolute Gasteiger partial charge is 0.374 e. The average Bonchev–Trinajstić information content (AvgIpc) is 2.94. The first-order valence-corrected chi connectivity index (χ1v) is 14.3. The molecule has 206 valence electrons. The highest BCUT2D eigenvalue weighted by Crippen LogP contribution is 2.31. The maximum absolute atomic E-state index is 12.2. The van der Waals surface area contributed by atoms with Crippen LogP contribution in [0.25, 0.3) is 10.4 Å². The summed E-state index contributed by atoms with van der Waals surface area (Å²) in [5, 5.41) is 3.70. The van der Waals surface area contributed by atoms with Gasteiger partial charge in [0, 0.05) is 4.91 Å². The third-order valence-corrected chi connectivity index (χ3v) is 6.60. The molecular weight excluding hydrogens is 522 g/mol. The summed E-state index contributed by atoms with van der Waals surface area (Å²) in [7, 11) is -3.98. The lowest BCUT2D eigenvalue weighted by Crippen LogP contribution is -2.61. The van der Waals surface area contributed by atoms with Crippen molar-refractivity contribution >= 4 is 10.1 Å². The zero-order chi connectivity index (χ0) is 27.5. The van der Waals surface area contributed by atoms with E-state index in [-0.39, 0.29) is 19.8 Å². The number of ether oxygens (including phenoxy) is 4. The van der Waals surface area contributed by atoms with E-state index in [0.29, 0.717) is 6.61 Å². The molecule has 0 aromatic heterocycles. The van der Waals surface area contributed by atoms with Gasteiger partial charge in [-0.1, -0.05) is 96.1 Å². The molecule has 1 heterocycles. The number of hydrogen-bond donors (Lipinski definition) is 0. The summed E-state index contributed by atoms with van der Waals surface area (Å²) in [6.45, 7) is 0.730. The van der Waals surface area contributed by atoms with Crippen LogP contribution in [0.5, 0.6) is 0 Å². The summed E-state index contributed by atoms with van der Waals surface area (Å²) in [4.78, 5) is 2.86. The van der Waals surface area contributed by atoms with Crippen LogP contribution in [0, 0.1) is 0 Å². The van der Waals surface area contributed by atoms with Crippen LogP contribution in [-0.2, 0) is 53.1 Å². The van der Waals surface area contributed by atoms with E-state index in [1.807, 2.05) is 91.0 Å². The van der Waals surface area contributed by atoms with Crippen molar-refractivity contribution in [2.24, 2.45) is 5.11 Å². The van der Waals surface area contributed by atoms with Crippen molar-refractivity contribution in [2.75, 3.05) is 12.9 Å². The summed E-state index contributed by atoms with van der Waals surface area (Å²) in [5.41, 5.74) is 12.0. The van der Waals surface area contributed by atoms with Gasteiger partial charge in [0.2, 0.25) is 0 Å². The van der Waals surface area contributed by atoms with Gasteiger partial charge in [-0.2, -0.15) is 8.42 Å². The molecule has 0 spiro atoms. The molecule has 3 aromatic rings. The molecule has 0 N–H and O–H groups in total. The molecule has 39 heavy (non-hydrogen) atoms. The SMILES string of the molecule is CS(=O)(=O)O[C@@H]1[C@@H](OCc2ccccc2)[C@H](OCc2ccccc2)[C@@H](COCc2ccccc2)O[C@H]1N=[N+]=[N-]. The van der Waals surface area contributed by atoms with Crippen molar-refractivity contribution in [2.45, 2.75) is 50.5 Å². The molecule has 0 unspecified atom stereocenters. The second-order valence-electron chi connectivity index (χ2n) is 9.06. The van der Waals surface area contributed by atoms with E-state index in [1.54, 1.807) is 0 Å². The van der Waals surface area contributed by atoms with Gasteiger partial charge in [-0.05, 0) is 22.2 Å². The molecule has 11 heteroatoms. The molecule has 0 saturated carbocycles. The van der Waals surface area contributed by atoms with Crippen LogP contribution in [0.4, 0.5) is 0 Å². The lowest BCUT2D eigenvalue weighted by molar-refractivity contribution is -0.253. The van der Waals surface area contributed by atoms with Gasteiger partial charge >= 0.3 is 0 Å². The van der Waals surface area contributed by atoms with Crippen molar-refractivity contribution in [1.29, 1.82) is 0 Å². The predicted molar refractivity (Wildman–Crippen MR) is 144 cm³/mol. The lowest BCUT2D eigenvalue weighted by atomic mass is 9.97. The molecule has 0 amide bonds. The minimum Gasteiger partial charge on any atom is -0.374 e. The zero-order valence-corrected chi connectivity index (χ0v) is 22.3. The van der Waals surface area contributed by atoms with Crippen LogP contribution in [0.15, 0.2) is 96.1 Å². The molecule has 1 fully saturated rings. The lowest BCUT2D eigenvalue weighted by Gasteiger charge is -2.44. The highest BCUT2D eigenvalue weighted by molar-refractivity contribution is 7.86. The van der Waals surface area contributed by atoms with Gasteiger partial charge in [-0.25, -0.2) is 0 Å². The standard InChI is InChI=1S/C28H31N3O7S/c1-39(32,33)38-27-26(36-19-23-15-9-4-10-16-23)25(35-18-22-13-7-3-8-14-22)24(37-28(27)30-31-29)20-34-17-21-11-5-2-6-12-21/h2-16,24-28H,17-20H2,1H3/t24-,25-,26+,27-,28-/m1/s1. The van der Waals surface area contributed by atoms with E-state index in [2.05, 4.69) is 10.0 Å². The Morgan fingerprint density at radius 1 is 0.769 bits per heavy atom. The van der Waals surface area contributed by atoms with Gasteiger partial charge in [-0.3, -0.25) is 4.18 Å². The van der Waals surface area contributed by atoms with E-state index in [4.69, 9.17) is 23.1 Å². The minimum atomic E-state index is -3.98. The molecule has 3 aromatic carbocycles. The fourth-order valence-corrected chi connectivity index (χ4v) is 4.88. The summed E-state index contributed by atoms with van der Waals surface area (Å²) < 4.78 is 54.5. The Labute approximate surface area is 228 Å². The van der Waals surface area contributed by atoms with Gasteiger partial charge in [0.25, 0.3) is 10.1 Å². The summed E-state index contributed by atoms with van der Waals surface area (Å²) in [6.07, 6.45) is -4.21. The highest BCUT2D eigenvalue weighted by Gasteiger charge is 2.49. The number of hydrogen-bond acceptors (Lipinski definition) is 8. The predicted octanol–water partition coefficient (Wildman–Crippen LogP) is 4.75. The fraction of sp³-hybridized carbons (Fsp3) is 0.357. The van der Waals surface area contributed by atoms with Gasteiger partial charge in [0.05, 0.1) is 32.7 Å². The Morgan fingerprint density at radius 2 is 1.26 bits per heavy atom. The van der Waals surface area contributed by atoms with Crippen molar-refractivity contribution < 1.29 is 31.5 Å². The maximum atomic E-state index is 12.2. The molecular formula is C28H31N3O7S. The Balaban J connectivity index is 1.62. The van der Waals surface area contributed by atoms with Gasteiger partial charge in [-0.15, -0.1) is 0 Å². The summed E-state index contributed by atoms with van der Waals surface area (Å²) in [5.74, 6) is 0. The fourth-order valence-electron chi connectivity index (χ4n) is 4.27. The van der Waals surface area contributed by atoms with E-state index < -0.39 is 40.8 Å². The maximum Gasteiger partial charge on any atom is 0.264 e. The van der Waals surface area contributed by atoms with E-state index in [1.165, 1.54) is 0 Å². The molecule has 1 aliphatic rings. The molecule has 4 rings (SSSR count). The summed E-state index contributed by atoms with van der Waals surface area (Å²) >= 11 is 0. The van der Waals surface area contributed by atoms with Crippen molar-refractivity contribution in [3.63, 3.8) is 0 Å². The van der Waals surface area contributed by atoms with Crippen LogP contribution in [0.1, 0.15) is 16.7 Å². The average molecular weight is 554 g/mol. The molecule has 0 aliphatic carbocycles. The number of nitrogens with zero attached hydrogens (tertiary/aromatic N) is 3. The first-order chi connectivity index (χ1) is 18.9. The molecule has 1 saturated heterocycles.